The van der Waals surface area contributed by atoms with Gasteiger partial charge in [-0.05, 0) is 31.0 Å². The van der Waals surface area contributed by atoms with Crippen LogP contribution in [0.3, 0.4) is 0 Å². The molecule has 0 radical (unpaired) electrons. The van der Waals surface area contributed by atoms with E-state index < -0.39 is 0 Å². The highest BCUT2D eigenvalue weighted by Gasteiger charge is 2.42. The summed E-state index contributed by atoms with van der Waals surface area (Å²) in [4.78, 5) is 4.66. The van der Waals surface area contributed by atoms with Crippen LogP contribution in [0.1, 0.15) is 17.8 Å². The fourth-order valence-corrected chi connectivity index (χ4v) is 3.19. The number of rotatable bonds is 2. The molecule has 1 aromatic carbocycles. The van der Waals surface area contributed by atoms with Gasteiger partial charge in [-0.3, -0.25) is 0 Å². The van der Waals surface area contributed by atoms with Gasteiger partial charge in [0.05, 0.1) is 11.2 Å². The second kappa shape index (κ2) is 3.95. The van der Waals surface area contributed by atoms with E-state index in [-0.39, 0.29) is 5.54 Å². The molecule has 0 unspecified atom stereocenters. The van der Waals surface area contributed by atoms with E-state index >= 15 is 0 Å². The van der Waals surface area contributed by atoms with Crippen LogP contribution >= 0.6 is 11.3 Å². The largest absolute Gasteiger partial charge is 0.486 e. The molecule has 1 aliphatic carbocycles. The lowest BCUT2D eigenvalue weighted by molar-refractivity contribution is 0.171. The van der Waals surface area contributed by atoms with Gasteiger partial charge in [0.15, 0.2) is 11.5 Å². The Labute approximate surface area is 115 Å². The Hall–Kier alpha value is -1.59. The van der Waals surface area contributed by atoms with Crippen molar-refractivity contribution in [2.45, 2.75) is 18.4 Å². The quantitative estimate of drug-likeness (QED) is 0.914. The molecule has 0 bridgehead atoms. The molecule has 1 saturated carbocycles. The van der Waals surface area contributed by atoms with E-state index in [0.29, 0.717) is 13.2 Å². The summed E-state index contributed by atoms with van der Waals surface area (Å²) in [6, 6.07) is 5.95. The summed E-state index contributed by atoms with van der Waals surface area (Å²) in [6.07, 6.45) is 2.09. The van der Waals surface area contributed by atoms with Gasteiger partial charge in [-0.1, -0.05) is 0 Å². The average Bonchev–Trinajstić information content (AvgIpc) is 3.02. The number of nitrogens with two attached hydrogens (primary N) is 1. The molecule has 0 spiro atoms. The number of hydrogen-bond acceptors (Lipinski definition) is 5. The van der Waals surface area contributed by atoms with Crippen LogP contribution in [0.2, 0.25) is 0 Å². The first-order valence-corrected chi connectivity index (χ1v) is 7.27. The zero-order chi connectivity index (χ0) is 12.9. The summed E-state index contributed by atoms with van der Waals surface area (Å²) in [5.41, 5.74) is 8.04. The lowest BCUT2D eigenvalue weighted by Crippen LogP contribution is -2.18. The van der Waals surface area contributed by atoms with Gasteiger partial charge in [-0.2, -0.15) is 0 Å². The zero-order valence-electron chi connectivity index (χ0n) is 10.4. The standard InChI is InChI=1S/C14H14N2O2S/c15-14(3-4-14)13-16-10(8-19-13)9-1-2-11-12(7-9)18-6-5-17-11/h1-2,7-8H,3-6,15H2. The molecule has 98 valence electrons. The monoisotopic (exact) mass is 274 g/mol. The highest BCUT2D eigenvalue weighted by atomic mass is 32.1. The molecule has 19 heavy (non-hydrogen) atoms. The Bertz CT molecular complexity index is 634. The Kier molecular flexibility index (Phi) is 2.34. The van der Waals surface area contributed by atoms with Gasteiger partial charge in [0, 0.05) is 10.9 Å². The molecular weight excluding hydrogens is 260 g/mol. The zero-order valence-corrected chi connectivity index (χ0v) is 11.2. The maximum Gasteiger partial charge on any atom is 0.162 e. The molecule has 4 rings (SSSR count). The van der Waals surface area contributed by atoms with Crippen LogP contribution in [-0.2, 0) is 5.54 Å². The first-order chi connectivity index (χ1) is 9.24. The number of nitrogens with zero attached hydrogens (tertiary/aromatic N) is 1. The Morgan fingerprint density at radius 1 is 1.16 bits per heavy atom. The van der Waals surface area contributed by atoms with Gasteiger partial charge in [-0.25, -0.2) is 4.98 Å². The van der Waals surface area contributed by atoms with E-state index in [9.17, 15) is 0 Å². The molecule has 2 heterocycles. The molecule has 1 fully saturated rings. The first-order valence-electron chi connectivity index (χ1n) is 6.40. The van der Waals surface area contributed by atoms with Crippen LogP contribution in [0.4, 0.5) is 0 Å². The third-order valence-electron chi connectivity index (χ3n) is 3.56. The number of hydrogen-bond donors (Lipinski definition) is 1. The van der Waals surface area contributed by atoms with Gasteiger partial charge >= 0.3 is 0 Å². The normalized spacial score (nSPS) is 19.2. The topological polar surface area (TPSA) is 57.4 Å². The van der Waals surface area contributed by atoms with Crippen LogP contribution in [0, 0.1) is 0 Å². The molecule has 4 nitrogen and oxygen atoms in total. The molecule has 0 saturated heterocycles. The van der Waals surface area contributed by atoms with Gasteiger partial charge in [0.1, 0.15) is 18.2 Å². The first kappa shape index (κ1) is 11.3. The van der Waals surface area contributed by atoms with Gasteiger partial charge in [-0.15, -0.1) is 11.3 Å². The van der Waals surface area contributed by atoms with Crippen molar-refractivity contribution >= 4 is 11.3 Å². The lowest BCUT2D eigenvalue weighted by atomic mass is 10.1. The number of benzene rings is 1. The number of ether oxygens (including phenoxy) is 2. The molecule has 5 heteroatoms. The van der Waals surface area contributed by atoms with Crippen molar-refractivity contribution < 1.29 is 9.47 Å². The summed E-state index contributed by atoms with van der Waals surface area (Å²) in [5, 5.41) is 3.10. The number of fused-ring (bicyclic) bond motifs is 1. The summed E-state index contributed by atoms with van der Waals surface area (Å²) < 4.78 is 11.1. The highest BCUT2D eigenvalue weighted by Crippen LogP contribution is 2.45. The van der Waals surface area contributed by atoms with E-state index in [0.717, 1.165) is 40.6 Å². The van der Waals surface area contributed by atoms with Crippen LogP contribution < -0.4 is 15.2 Å². The lowest BCUT2D eigenvalue weighted by Gasteiger charge is -2.18. The summed E-state index contributed by atoms with van der Waals surface area (Å²) in [5.74, 6) is 1.61. The smallest absolute Gasteiger partial charge is 0.162 e. The minimum atomic E-state index is -0.156. The maximum atomic E-state index is 6.17. The molecular formula is C14H14N2O2S. The van der Waals surface area contributed by atoms with Crippen LogP contribution in [0.25, 0.3) is 11.3 Å². The second-order valence-corrected chi connectivity index (χ2v) is 5.91. The van der Waals surface area contributed by atoms with E-state index in [1.807, 2.05) is 18.2 Å². The molecule has 1 aliphatic heterocycles. The van der Waals surface area contributed by atoms with Gasteiger partial charge in [0.25, 0.3) is 0 Å². The fourth-order valence-electron chi connectivity index (χ4n) is 2.19. The van der Waals surface area contributed by atoms with E-state index in [1.165, 1.54) is 0 Å². The summed E-state index contributed by atoms with van der Waals surface area (Å²) in [7, 11) is 0. The summed E-state index contributed by atoms with van der Waals surface area (Å²) in [6.45, 7) is 1.22. The van der Waals surface area contributed by atoms with Crippen LogP contribution in [0.5, 0.6) is 11.5 Å². The SMILES string of the molecule is NC1(c2nc(-c3ccc4c(c3)OCCO4)cs2)CC1. The number of thiazole rings is 1. The molecule has 1 aromatic heterocycles. The molecule has 0 amide bonds. The second-order valence-electron chi connectivity index (χ2n) is 5.05. The summed E-state index contributed by atoms with van der Waals surface area (Å²) >= 11 is 1.64. The highest BCUT2D eigenvalue weighted by molar-refractivity contribution is 7.10. The van der Waals surface area contributed by atoms with Crippen LogP contribution in [0.15, 0.2) is 23.6 Å². The Balaban J connectivity index is 1.70. The molecule has 0 atom stereocenters. The Morgan fingerprint density at radius 3 is 2.74 bits per heavy atom. The number of aromatic nitrogens is 1. The predicted molar refractivity (Wildman–Crippen MR) is 73.6 cm³/mol. The van der Waals surface area contributed by atoms with E-state index in [1.54, 1.807) is 11.3 Å². The molecule has 2 aromatic rings. The average molecular weight is 274 g/mol. The van der Waals surface area contributed by atoms with Crippen molar-refractivity contribution in [2.75, 3.05) is 13.2 Å². The third kappa shape index (κ3) is 1.89. The van der Waals surface area contributed by atoms with Crippen molar-refractivity contribution in [3.8, 4) is 22.8 Å². The van der Waals surface area contributed by atoms with E-state index in [4.69, 9.17) is 15.2 Å². The predicted octanol–water partition coefficient (Wildman–Crippen LogP) is 2.53. The van der Waals surface area contributed by atoms with Gasteiger partial charge in [0.2, 0.25) is 0 Å². The minimum absolute atomic E-state index is 0.156. The van der Waals surface area contributed by atoms with Crippen molar-refractivity contribution in [3.63, 3.8) is 0 Å². The minimum Gasteiger partial charge on any atom is -0.486 e. The van der Waals surface area contributed by atoms with Crippen molar-refractivity contribution in [1.82, 2.24) is 4.98 Å². The molecule has 2 aliphatic rings. The van der Waals surface area contributed by atoms with Gasteiger partial charge < -0.3 is 15.2 Å². The van der Waals surface area contributed by atoms with Crippen molar-refractivity contribution in [2.24, 2.45) is 5.73 Å². The van der Waals surface area contributed by atoms with Crippen molar-refractivity contribution in [1.29, 1.82) is 0 Å². The van der Waals surface area contributed by atoms with E-state index in [2.05, 4.69) is 10.4 Å². The maximum absolute atomic E-state index is 6.17. The third-order valence-corrected chi connectivity index (χ3v) is 4.62. The van der Waals surface area contributed by atoms with Crippen molar-refractivity contribution in [3.05, 3.63) is 28.6 Å². The molecule has 2 N–H and O–H groups in total. The fraction of sp³-hybridized carbons (Fsp3) is 0.357. The van der Waals surface area contributed by atoms with Crippen LogP contribution in [-0.4, -0.2) is 18.2 Å². The Morgan fingerprint density at radius 2 is 1.95 bits per heavy atom.